The summed E-state index contributed by atoms with van der Waals surface area (Å²) in [6.07, 6.45) is 7.31. The Kier molecular flexibility index (Phi) is 4.71. The third-order valence-electron chi connectivity index (χ3n) is 5.06. The lowest BCUT2D eigenvalue weighted by Crippen LogP contribution is -2.60. The third kappa shape index (κ3) is 3.96. The molecule has 0 amide bonds. The molecule has 2 nitrogen and oxygen atoms in total. The Morgan fingerprint density at radius 1 is 1.11 bits per heavy atom. The van der Waals surface area contributed by atoms with Crippen LogP contribution in [0.1, 0.15) is 59.8 Å². The average molecular weight is 252 g/mol. The molecule has 0 aromatic heterocycles. The number of piperazine rings is 1. The maximum absolute atomic E-state index is 3.64. The molecule has 0 aromatic carbocycles. The monoisotopic (exact) mass is 252 g/mol. The average Bonchev–Trinajstić information content (AvgIpc) is 2.32. The van der Waals surface area contributed by atoms with Crippen LogP contribution in [0.2, 0.25) is 0 Å². The van der Waals surface area contributed by atoms with Gasteiger partial charge in [-0.2, -0.15) is 0 Å². The highest BCUT2D eigenvalue weighted by Crippen LogP contribution is 2.30. The van der Waals surface area contributed by atoms with E-state index in [1.807, 2.05) is 0 Å². The lowest BCUT2D eigenvalue weighted by atomic mass is 9.81. The Morgan fingerprint density at radius 3 is 2.44 bits per heavy atom. The molecule has 0 aromatic rings. The van der Waals surface area contributed by atoms with E-state index < -0.39 is 0 Å². The summed E-state index contributed by atoms with van der Waals surface area (Å²) in [6.45, 7) is 13.1. The van der Waals surface area contributed by atoms with E-state index in [0.29, 0.717) is 11.6 Å². The van der Waals surface area contributed by atoms with E-state index in [4.69, 9.17) is 0 Å². The molecular formula is C16H32N2. The van der Waals surface area contributed by atoms with Gasteiger partial charge in [0, 0.05) is 24.7 Å². The summed E-state index contributed by atoms with van der Waals surface area (Å²) in [6, 6.07) is 0.709. The summed E-state index contributed by atoms with van der Waals surface area (Å²) in [7, 11) is 0. The van der Waals surface area contributed by atoms with Crippen molar-refractivity contribution in [1.82, 2.24) is 10.2 Å². The molecule has 18 heavy (non-hydrogen) atoms. The molecule has 2 heteroatoms. The van der Waals surface area contributed by atoms with Crippen LogP contribution in [0.15, 0.2) is 0 Å². The van der Waals surface area contributed by atoms with E-state index >= 15 is 0 Å². The highest BCUT2D eigenvalue weighted by molar-refractivity contribution is 4.90. The van der Waals surface area contributed by atoms with Crippen LogP contribution in [-0.4, -0.2) is 36.1 Å². The van der Waals surface area contributed by atoms with Crippen LogP contribution in [0.25, 0.3) is 0 Å². The molecule has 106 valence electrons. The van der Waals surface area contributed by atoms with Crippen LogP contribution in [-0.2, 0) is 0 Å². The van der Waals surface area contributed by atoms with Crippen LogP contribution in [0.4, 0.5) is 0 Å². The molecule has 1 N–H and O–H groups in total. The molecule has 1 heterocycles. The van der Waals surface area contributed by atoms with Crippen molar-refractivity contribution in [3.63, 3.8) is 0 Å². The molecule has 1 aliphatic heterocycles. The quantitative estimate of drug-likeness (QED) is 0.829. The van der Waals surface area contributed by atoms with Crippen molar-refractivity contribution in [3.8, 4) is 0 Å². The highest BCUT2D eigenvalue weighted by atomic mass is 15.2. The van der Waals surface area contributed by atoms with Gasteiger partial charge in [-0.1, -0.05) is 32.6 Å². The van der Waals surface area contributed by atoms with Gasteiger partial charge in [0.2, 0.25) is 0 Å². The molecule has 1 atom stereocenters. The number of nitrogens with one attached hydrogen (secondary N) is 1. The molecule has 2 rings (SSSR count). The van der Waals surface area contributed by atoms with Gasteiger partial charge in [0.15, 0.2) is 0 Å². The minimum absolute atomic E-state index is 0.299. The van der Waals surface area contributed by atoms with Crippen molar-refractivity contribution in [2.24, 2.45) is 11.8 Å². The molecule has 0 radical (unpaired) electrons. The second-order valence-corrected chi connectivity index (χ2v) is 7.50. The standard InChI is InChI=1S/C16H32N2/c1-13-5-7-15(8-6-13)9-10-18-12-16(3,4)17-11-14(18)2/h13-15,17H,5-12H2,1-4H3. The van der Waals surface area contributed by atoms with Crippen LogP contribution in [0, 0.1) is 11.8 Å². The maximum Gasteiger partial charge on any atom is 0.0252 e. The first-order chi connectivity index (χ1) is 8.46. The predicted molar refractivity (Wildman–Crippen MR) is 78.9 cm³/mol. The molecule has 0 spiro atoms. The van der Waals surface area contributed by atoms with Gasteiger partial charge < -0.3 is 5.32 Å². The van der Waals surface area contributed by atoms with Crippen molar-refractivity contribution >= 4 is 0 Å². The van der Waals surface area contributed by atoms with E-state index in [1.165, 1.54) is 45.2 Å². The zero-order valence-electron chi connectivity index (χ0n) is 12.8. The van der Waals surface area contributed by atoms with Crippen molar-refractivity contribution < 1.29 is 0 Å². The summed E-state index contributed by atoms with van der Waals surface area (Å²) < 4.78 is 0. The van der Waals surface area contributed by atoms with Crippen molar-refractivity contribution in [2.45, 2.75) is 71.4 Å². The van der Waals surface area contributed by atoms with Crippen molar-refractivity contribution in [2.75, 3.05) is 19.6 Å². The zero-order chi connectivity index (χ0) is 13.2. The van der Waals surface area contributed by atoms with Gasteiger partial charge in [-0.15, -0.1) is 0 Å². The smallest absolute Gasteiger partial charge is 0.0252 e. The highest BCUT2D eigenvalue weighted by Gasteiger charge is 2.30. The second-order valence-electron chi connectivity index (χ2n) is 7.50. The molecule has 2 fully saturated rings. The Bertz CT molecular complexity index is 254. The Hall–Kier alpha value is -0.0800. The first-order valence-electron chi connectivity index (χ1n) is 7.95. The van der Waals surface area contributed by atoms with Crippen molar-refractivity contribution in [1.29, 1.82) is 0 Å². The lowest BCUT2D eigenvalue weighted by Gasteiger charge is -2.44. The summed E-state index contributed by atoms with van der Waals surface area (Å²) in [4.78, 5) is 2.70. The number of hydrogen-bond donors (Lipinski definition) is 1. The van der Waals surface area contributed by atoms with Gasteiger partial charge >= 0.3 is 0 Å². The van der Waals surface area contributed by atoms with Gasteiger partial charge in [0.25, 0.3) is 0 Å². The van der Waals surface area contributed by atoms with Gasteiger partial charge in [-0.3, -0.25) is 4.90 Å². The normalized spacial score (nSPS) is 37.7. The minimum Gasteiger partial charge on any atom is -0.309 e. The second kappa shape index (κ2) is 5.92. The van der Waals surface area contributed by atoms with Gasteiger partial charge in [-0.25, -0.2) is 0 Å². The van der Waals surface area contributed by atoms with E-state index in [2.05, 4.69) is 37.9 Å². The van der Waals surface area contributed by atoms with Crippen LogP contribution < -0.4 is 5.32 Å². The SMILES string of the molecule is CC1CCC(CCN2CC(C)(C)NCC2C)CC1. The summed E-state index contributed by atoms with van der Waals surface area (Å²) >= 11 is 0. The van der Waals surface area contributed by atoms with Crippen LogP contribution in [0.5, 0.6) is 0 Å². The first kappa shape index (κ1) is 14.3. The number of rotatable bonds is 3. The molecule has 1 saturated carbocycles. The molecule has 1 unspecified atom stereocenters. The largest absolute Gasteiger partial charge is 0.309 e. The maximum atomic E-state index is 3.64. The van der Waals surface area contributed by atoms with E-state index in [-0.39, 0.29) is 0 Å². The van der Waals surface area contributed by atoms with E-state index in [1.54, 1.807) is 0 Å². The predicted octanol–water partition coefficient (Wildman–Crippen LogP) is 3.28. The van der Waals surface area contributed by atoms with Crippen molar-refractivity contribution in [3.05, 3.63) is 0 Å². The fourth-order valence-corrected chi connectivity index (χ4v) is 3.54. The summed E-state index contributed by atoms with van der Waals surface area (Å²) in [5, 5.41) is 3.64. The topological polar surface area (TPSA) is 15.3 Å². The fourth-order valence-electron chi connectivity index (χ4n) is 3.54. The lowest BCUT2D eigenvalue weighted by molar-refractivity contribution is 0.0940. The summed E-state index contributed by atoms with van der Waals surface area (Å²) in [5.41, 5.74) is 0.299. The molecule has 0 bridgehead atoms. The Balaban J connectivity index is 1.75. The van der Waals surface area contributed by atoms with Gasteiger partial charge in [0.1, 0.15) is 0 Å². The van der Waals surface area contributed by atoms with E-state index in [0.717, 1.165) is 18.4 Å². The number of hydrogen-bond acceptors (Lipinski definition) is 2. The molecule has 2 aliphatic rings. The molecular weight excluding hydrogens is 220 g/mol. The minimum atomic E-state index is 0.299. The molecule has 1 saturated heterocycles. The zero-order valence-corrected chi connectivity index (χ0v) is 12.8. The van der Waals surface area contributed by atoms with Crippen LogP contribution in [0.3, 0.4) is 0 Å². The molecule has 1 aliphatic carbocycles. The fraction of sp³-hybridized carbons (Fsp3) is 1.00. The van der Waals surface area contributed by atoms with Crippen LogP contribution >= 0.6 is 0 Å². The first-order valence-corrected chi connectivity index (χ1v) is 7.95. The van der Waals surface area contributed by atoms with E-state index in [9.17, 15) is 0 Å². The Labute approximate surface area is 114 Å². The van der Waals surface area contributed by atoms with Gasteiger partial charge in [0.05, 0.1) is 0 Å². The Morgan fingerprint density at radius 2 is 1.78 bits per heavy atom. The van der Waals surface area contributed by atoms with Gasteiger partial charge in [-0.05, 0) is 45.6 Å². The third-order valence-corrected chi connectivity index (χ3v) is 5.06. The number of nitrogens with zero attached hydrogens (tertiary/aromatic N) is 1. The summed E-state index contributed by atoms with van der Waals surface area (Å²) in [5.74, 6) is 1.99.